The van der Waals surface area contributed by atoms with Crippen LogP contribution in [0.3, 0.4) is 0 Å². The number of sulfonamides is 1. The summed E-state index contributed by atoms with van der Waals surface area (Å²) in [5.74, 6) is 1.06. The number of benzene rings is 2. The lowest BCUT2D eigenvalue weighted by molar-refractivity contribution is -0.881. The average Bonchev–Trinajstić information content (AvgIpc) is 3.28. The van der Waals surface area contributed by atoms with Gasteiger partial charge in [-0.2, -0.15) is 0 Å². The summed E-state index contributed by atoms with van der Waals surface area (Å²) in [4.78, 5) is 13.7. The van der Waals surface area contributed by atoms with Crippen LogP contribution in [0, 0.1) is 5.21 Å². The van der Waals surface area contributed by atoms with Gasteiger partial charge in [0.15, 0.2) is 5.78 Å². The van der Waals surface area contributed by atoms with E-state index in [9.17, 15) is 18.4 Å². The van der Waals surface area contributed by atoms with Crippen molar-refractivity contribution in [3.05, 3.63) is 64.6 Å². The van der Waals surface area contributed by atoms with Gasteiger partial charge in [-0.15, -0.1) is 0 Å². The molecule has 0 unspecified atom stereocenters. The number of hydrogen-bond acceptors (Lipinski definition) is 6. The quantitative estimate of drug-likeness (QED) is 0.0756. The second-order valence-electron chi connectivity index (χ2n) is 10.6. The van der Waals surface area contributed by atoms with Crippen LogP contribution in [0.1, 0.15) is 87.4 Å². The molecular formula is C31H44N2O6S. The van der Waals surface area contributed by atoms with Crippen LogP contribution in [0.25, 0.3) is 11.0 Å². The predicted molar refractivity (Wildman–Crippen MR) is 161 cm³/mol. The number of fused-ring (bicyclic) bond motifs is 1. The maximum absolute atomic E-state index is 13.7. The van der Waals surface area contributed by atoms with Crippen molar-refractivity contribution in [1.29, 1.82) is 0 Å². The lowest BCUT2D eigenvalue weighted by Gasteiger charge is -2.43. The second-order valence-corrected chi connectivity index (χ2v) is 12.3. The Hall–Kier alpha value is -2.88. The number of hydrogen-bond donors (Lipinski definition) is 1. The van der Waals surface area contributed by atoms with Crippen LogP contribution in [0.4, 0.5) is 5.69 Å². The number of furan rings is 1. The number of ketones is 1. The molecule has 0 spiro atoms. The van der Waals surface area contributed by atoms with E-state index in [1.807, 2.05) is 0 Å². The molecule has 0 bridgehead atoms. The van der Waals surface area contributed by atoms with Crippen molar-refractivity contribution in [3.63, 3.8) is 0 Å². The summed E-state index contributed by atoms with van der Waals surface area (Å²) in [6, 6.07) is 12.0. The topological polar surface area (TPSA) is 109 Å². The zero-order valence-corrected chi connectivity index (χ0v) is 25.1. The van der Waals surface area contributed by atoms with Gasteiger partial charge >= 0.3 is 0 Å². The number of quaternary nitrogens is 1. The molecule has 0 aliphatic rings. The fourth-order valence-electron chi connectivity index (χ4n) is 4.81. The first-order valence-corrected chi connectivity index (χ1v) is 16.4. The maximum atomic E-state index is 13.7. The smallest absolute Gasteiger partial charge is 0.229 e. The minimum Gasteiger partial charge on any atom is -0.633 e. The van der Waals surface area contributed by atoms with Gasteiger partial charge in [0.2, 0.25) is 10.0 Å². The summed E-state index contributed by atoms with van der Waals surface area (Å²) >= 11 is 0. The lowest BCUT2D eigenvalue weighted by Crippen LogP contribution is -2.44. The van der Waals surface area contributed by atoms with Crippen LogP contribution in [-0.2, 0) is 16.4 Å². The fourth-order valence-corrected chi connectivity index (χ4v) is 5.36. The zero-order valence-electron chi connectivity index (χ0n) is 24.3. The molecule has 3 aromatic rings. The summed E-state index contributed by atoms with van der Waals surface area (Å²) in [5.41, 5.74) is 1.86. The van der Waals surface area contributed by atoms with Crippen LogP contribution in [-0.4, -0.2) is 51.3 Å². The summed E-state index contributed by atoms with van der Waals surface area (Å²) in [5, 5.41) is 13.7. The van der Waals surface area contributed by atoms with Crippen molar-refractivity contribution < 1.29 is 27.0 Å². The number of nitrogens with one attached hydrogen (secondary N) is 1. The molecule has 3 rings (SSSR count). The van der Waals surface area contributed by atoms with Gasteiger partial charge in [-0.3, -0.25) is 9.52 Å². The van der Waals surface area contributed by atoms with E-state index in [2.05, 4.69) is 25.5 Å². The van der Waals surface area contributed by atoms with Crippen molar-refractivity contribution >= 4 is 32.5 Å². The first-order valence-electron chi connectivity index (χ1n) is 14.5. The Morgan fingerprint density at radius 2 is 1.55 bits per heavy atom. The number of rotatable bonds is 18. The minimum atomic E-state index is -3.47. The Bertz CT molecular complexity index is 1340. The lowest BCUT2D eigenvalue weighted by atomic mass is 9.98. The third kappa shape index (κ3) is 9.08. The summed E-state index contributed by atoms with van der Waals surface area (Å²) in [6.07, 6.45) is 8.08. The number of carbonyl (C=O) groups is 1. The molecule has 8 nitrogen and oxygen atoms in total. The minimum absolute atomic E-state index is 0.154. The van der Waals surface area contributed by atoms with E-state index in [0.29, 0.717) is 78.4 Å². The van der Waals surface area contributed by atoms with Gasteiger partial charge in [0.05, 0.1) is 38.1 Å². The number of carbonyl (C=O) groups excluding carboxylic acids is 1. The number of aryl methyl sites for hydroxylation is 1. The highest BCUT2D eigenvalue weighted by atomic mass is 32.2. The molecular weight excluding hydrogens is 528 g/mol. The van der Waals surface area contributed by atoms with Crippen LogP contribution >= 0.6 is 0 Å². The second kappa shape index (κ2) is 14.7. The summed E-state index contributed by atoms with van der Waals surface area (Å²) in [7, 11) is -3.47. The third-order valence-electron chi connectivity index (χ3n) is 6.98. The Morgan fingerprint density at radius 1 is 0.925 bits per heavy atom. The Kier molecular flexibility index (Phi) is 11.6. The highest BCUT2D eigenvalue weighted by molar-refractivity contribution is 7.92. The van der Waals surface area contributed by atoms with E-state index in [-0.39, 0.29) is 10.4 Å². The van der Waals surface area contributed by atoms with Gasteiger partial charge < -0.3 is 19.0 Å². The summed E-state index contributed by atoms with van der Waals surface area (Å²) in [6.45, 7) is 8.58. The number of anilines is 1. The first kappa shape index (κ1) is 31.6. The third-order valence-corrected chi connectivity index (χ3v) is 7.59. The molecule has 0 aliphatic carbocycles. The van der Waals surface area contributed by atoms with Gasteiger partial charge in [0.1, 0.15) is 17.1 Å². The Labute approximate surface area is 238 Å². The van der Waals surface area contributed by atoms with E-state index in [1.165, 1.54) is 0 Å². The number of unbranched alkanes of at least 4 members (excludes halogenated alkanes) is 3. The zero-order chi connectivity index (χ0) is 29.2. The van der Waals surface area contributed by atoms with E-state index in [4.69, 9.17) is 9.15 Å². The molecule has 0 saturated carbocycles. The molecule has 40 heavy (non-hydrogen) atoms. The largest absolute Gasteiger partial charge is 0.633 e. The monoisotopic (exact) mass is 572 g/mol. The highest BCUT2D eigenvalue weighted by Crippen LogP contribution is 2.32. The van der Waals surface area contributed by atoms with Crippen LogP contribution in [0.15, 0.2) is 46.9 Å². The molecule has 0 saturated heterocycles. The Balaban J connectivity index is 1.73. The van der Waals surface area contributed by atoms with Gasteiger partial charge in [0.25, 0.3) is 0 Å². The van der Waals surface area contributed by atoms with Crippen LogP contribution in [0.5, 0.6) is 5.75 Å². The standard InChI is InChI=1S/C31H44N2O6S/c1-5-8-12-29-30(27-23-25(32-40(4,36)37)15-18-28(27)39-29)31(34)24-13-16-26(17-14-24)38-22-11-21-33(35,19-9-6-2)20-10-7-3/h13-18,23,32H,5-12,19-22H2,1-4H3. The van der Waals surface area contributed by atoms with Crippen LogP contribution < -0.4 is 9.46 Å². The van der Waals surface area contributed by atoms with Gasteiger partial charge in [-0.25, -0.2) is 8.42 Å². The molecule has 0 radical (unpaired) electrons. The molecule has 9 heteroatoms. The van der Waals surface area contributed by atoms with Gasteiger partial charge in [0, 0.05) is 29.5 Å². The molecule has 2 aromatic carbocycles. The average molecular weight is 573 g/mol. The van der Waals surface area contributed by atoms with E-state index < -0.39 is 10.0 Å². The predicted octanol–water partition coefficient (Wildman–Crippen LogP) is 7.06. The van der Waals surface area contributed by atoms with E-state index >= 15 is 0 Å². The fraction of sp³-hybridized carbons (Fsp3) is 0.516. The first-order chi connectivity index (χ1) is 19.1. The van der Waals surface area contributed by atoms with Crippen molar-refractivity contribution in [2.75, 3.05) is 37.2 Å². The number of nitrogens with zero attached hydrogens (tertiary/aromatic N) is 1. The van der Waals surface area contributed by atoms with Crippen molar-refractivity contribution in [2.45, 2.75) is 72.1 Å². The molecule has 0 atom stereocenters. The number of hydroxylamine groups is 3. The normalized spacial score (nSPS) is 12.1. The molecule has 0 aliphatic heterocycles. The van der Waals surface area contributed by atoms with Crippen molar-refractivity contribution in [1.82, 2.24) is 0 Å². The van der Waals surface area contributed by atoms with Crippen molar-refractivity contribution in [3.8, 4) is 5.75 Å². The SMILES string of the molecule is CCCCc1oc2ccc(NS(C)(=O)=O)cc2c1C(=O)c1ccc(OCCC[N+]([O-])(CCCC)CCCC)cc1. The highest BCUT2D eigenvalue weighted by Gasteiger charge is 2.23. The van der Waals surface area contributed by atoms with Gasteiger partial charge in [-0.05, 0) is 61.7 Å². The van der Waals surface area contributed by atoms with Gasteiger partial charge in [-0.1, -0.05) is 40.0 Å². The molecule has 220 valence electrons. The van der Waals surface area contributed by atoms with E-state index in [0.717, 1.165) is 44.8 Å². The maximum Gasteiger partial charge on any atom is 0.229 e. The van der Waals surface area contributed by atoms with Crippen LogP contribution in [0.2, 0.25) is 0 Å². The van der Waals surface area contributed by atoms with E-state index in [1.54, 1.807) is 42.5 Å². The molecule has 1 aromatic heterocycles. The van der Waals surface area contributed by atoms with Crippen molar-refractivity contribution in [2.24, 2.45) is 0 Å². The molecule has 0 amide bonds. The number of ether oxygens (including phenoxy) is 1. The molecule has 1 N–H and O–H groups in total. The Morgan fingerprint density at radius 3 is 2.15 bits per heavy atom. The summed E-state index contributed by atoms with van der Waals surface area (Å²) < 4.78 is 37.8. The molecule has 1 heterocycles. The molecule has 0 fully saturated rings.